The fraction of sp³-hybridized carbons (Fsp3) is 0.417. The van der Waals surface area contributed by atoms with Gasteiger partial charge in [0.25, 0.3) is 5.91 Å². The number of carbonyl (C=O) groups is 2. The van der Waals surface area contributed by atoms with Crippen molar-refractivity contribution in [2.75, 3.05) is 6.54 Å². The summed E-state index contributed by atoms with van der Waals surface area (Å²) in [4.78, 5) is 26.1. The molecule has 1 atom stereocenters. The van der Waals surface area contributed by atoms with Crippen LogP contribution < -0.4 is 5.32 Å². The molecule has 1 rings (SSSR count). The Kier molecular flexibility index (Phi) is 5.77. The molecule has 1 aromatic rings. The minimum Gasteiger partial charge on any atom is -0.481 e. The molecule has 0 bridgehead atoms. The molecule has 0 fully saturated rings. The molecule has 0 aliphatic heterocycles. The fourth-order valence-electron chi connectivity index (χ4n) is 1.38. The number of nitrogens with one attached hydrogen (secondary N) is 1. The van der Waals surface area contributed by atoms with E-state index in [-0.39, 0.29) is 18.2 Å². The zero-order valence-corrected chi connectivity index (χ0v) is 11.6. The Hall–Kier alpha value is -1.43. The molecule has 0 aliphatic carbocycles. The maximum atomic E-state index is 11.8. The van der Waals surface area contributed by atoms with E-state index < -0.39 is 5.97 Å². The van der Waals surface area contributed by atoms with Crippen LogP contribution in [0.3, 0.4) is 0 Å². The SMILES string of the molecule is CC(CCC(=O)O)CNC(=O)c1cncc(Br)c1. The number of nitrogens with zero attached hydrogens (tertiary/aromatic N) is 1. The van der Waals surface area contributed by atoms with Gasteiger partial charge in [-0.25, -0.2) is 0 Å². The molecule has 0 aromatic carbocycles. The Balaban J connectivity index is 2.39. The van der Waals surface area contributed by atoms with Crippen molar-refractivity contribution in [3.05, 3.63) is 28.5 Å². The minimum atomic E-state index is -0.815. The molecule has 0 radical (unpaired) electrons. The van der Waals surface area contributed by atoms with Gasteiger partial charge in [-0.1, -0.05) is 6.92 Å². The quantitative estimate of drug-likeness (QED) is 0.842. The van der Waals surface area contributed by atoms with Gasteiger partial charge in [0.05, 0.1) is 5.56 Å². The predicted molar refractivity (Wildman–Crippen MR) is 70.3 cm³/mol. The normalized spacial score (nSPS) is 11.9. The standard InChI is InChI=1S/C12H15BrN2O3/c1-8(2-3-11(16)17)5-15-12(18)9-4-10(13)7-14-6-9/h4,6-8H,2-3,5H2,1H3,(H,15,18)(H,16,17). The molecular formula is C12H15BrN2O3. The summed E-state index contributed by atoms with van der Waals surface area (Å²) in [6.07, 6.45) is 3.76. The van der Waals surface area contributed by atoms with E-state index >= 15 is 0 Å². The Morgan fingerprint density at radius 2 is 2.22 bits per heavy atom. The van der Waals surface area contributed by atoms with Crippen molar-refractivity contribution < 1.29 is 14.7 Å². The molecule has 18 heavy (non-hydrogen) atoms. The van der Waals surface area contributed by atoms with Crippen LogP contribution in [0, 0.1) is 5.92 Å². The second-order valence-corrected chi connectivity index (χ2v) is 5.06. The lowest BCUT2D eigenvalue weighted by atomic mass is 10.1. The third-order valence-electron chi connectivity index (χ3n) is 2.43. The van der Waals surface area contributed by atoms with E-state index in [9.17, 15) is 9.59 Å². The van der Waals surface area contributed by atoms with Gasteiger partial charge in [-0.15, -0.1) is 0 Å². The molecule has 0 saturated heterocycles. The highest BCUT2D eigenvalue weighted by Crippen LogP contribution is 2.10. The smallest absolute Gasteiger partial charge is 0.303 e. The van der Waals surface area contributed by atoms with Crippen LogP contribution in [0.25, 0.3) is 0 Å². The number of aliphatic carboxylic acids is 1. The lowest BCUT2D eigenvalue weighted by molar-refractivity contribution is -0.137. The minimum absolute atomic E-state index is 0.121. The third kappa shape index (κ3) is 5.27. The van der Waals surface area contributed by atoms with Crippen LogP contribution in [0.2, 0.25) is 0 Å². The molecule has 2 N–H and O–H groups in total. The van der Waals surface area contributed by atoms with Crippen LogP contribution in [0.5, 0.6) is 0 Å². The molecule has 98 valence electrons. The highest BCUT2D eigenvalue weighted by Gasteiger charge is 2.09. The van der Waals surface area contributed by atoms with E-state index in [1.807, 2.05) is 6.92 Å². The van der Waals surface area contributed by atoms with Crippen LogP contribution in [-0.4, -0.2) is 28.5 Å². The number of carboxylic acid groups (broad SMARTS) is 1. The van der Waals surface area contributed by atoms with Crippen LogP contribution in [0.1, 0.15) is 30.1 Å². The number of rotatable bonds is 6. The van der Waals surface area contributed by atoms with E-state index in [4.69, 9.17) is 5.11 Å². The number of carbonyl (C=O) groups excluding carboxylic acids is 1. The first-order valence-corrected chi connectivity index (χ1v) is 6.39. The second kappa shape index (κ2) is 7.10. The Morgan fingerprint density at radius 1 is 1.50 bits per heavy atom. The van der Waals surface area contributed by atoms with Gasteiger partial charge < -0.3 is 10.4 Å². The Bertz CT molecular complexity index is 437. The van der Waals surface area contributed by atoms with Crippen molar-refractivity contribution in [1.82, 2.24) is 10.3 Å². The predicted octanol–water partition coefficient (Wildman–Crippen LogP) is 2.07. The zero-order chi connectivity index (χ0) is 13.5. The lowest BCUT2D eigenvalue weighted by Crippen LogP contribution is -2.28. The summed E-state index contributed by atoms with van der Waals surface area (Å²) in [6, 6.07) is 1.68. The van der Waals surface area contributed by atoms with Crippen molar-refractivity contribution in [2.24, 2.45) is 5.92 Å². The molecule has 1 amide bonds. The van der Waals surface area contributed by atoms with Crippen molar-refractivity contribution in [2.45, 2.75) is 19.8 Å². The summed E-state index contributed by atoms with van der Waals surface area (Å²) in [5, 5.41) is 11.3. The van der Waals surface area contributed by atoms with Crippen LogP contribution >= 0.6 is 15.9 Å². The number of amides is 1. The molecule has 0 spiro atoms. The average Bonchev–Trinajstić information content (AvgIpc) is 2.33. The molecule has 1 unspecified atom stereocenters. The summed E-state index contributed by atoms with van der Waals surface area (Å²) in [6.45, 7) is 2.36. The van der Waals surface area contributed by atoms with E-state index in [1.165, 1.54) is 6.20 Å². The van der Waals surface area contributed by atoms with Crippen LogP contribution in [-0.2, 0) is 4.79 Å². The first-order valence-electron chi connectivity index (χ1n) is 5.59. The molecular weight excluding hydrogens is 300 g/mol. The average molecular weight is 315 g/mol. The molecule has 6 heteroatoms. The fourth-order valence-corrected chi connectivity index (χ4v) is 1.74. The van der Waals surface area contributed by atoms with E-state index in [0.717, 1.165) is 4.47 Å². The Morgan fingerprint density at radius 3 is 2.83 bits per heavy atom. The summed E-state index contributed by atoms with van der Waals surface area (Å²) in [5.41, 5.74) is 0.481. The second-order valence-electron chi connectivity index (χ2n) is 4.14. The molecule has 1 aromatic heterocycles. The van der Waals surface area contributed by atoms with Crippen molar-refractivity contribution in [3.63, 3.8) is 0 Å². The van der Waals surface area contributed by atoms with Gasteiger partial charge in [-0.05, 0) is 34.3 Å². The highest BCUT2D eigenvalue weighted by molar-refractivity contribution is 9.10. The van der Waals surface area contributed by atoms with Crippen molar-refractivity contribution in [3.8, 4) is 0 Å². The van der Waals surface area contributed by atoms with Gasteiger partial charge in [0.1, 0.15) is 0 Å². The Labute approximate surface area is 114 Å². The first-order chi connectivity index (χ1) is 8.49. The van der Waals surface area contributed by atoms with Crippen molar-refractivity contribution in [1.29, 1.82) is 0 Å². The van der Waals surface area contributed by atoms with Crippen molar-refractivity contribution >= 4 is 27.8 Å². The molecule has 0 saturated carbocycles. The van der Waals surface area contributed by atoms with Crippen LogP contribution in [0.4, 0.5) is 0 Å². The van der Waals surface area contributed by atoms with E-state index in [0.29, 0.717) is 18.5 Å². The zero-order valence-electron chi connectivity index (χ0n) is 10.0. The largest absolute Gasteiger partial charge is 0.481 e. The van der Waals surface area contributed by atoms with Gasteiger partial charge in [0.15, 0.2) is 0 Å². The van der Waals surface area contributed by atoms with Gasteiger partial charge >= 0.3 is 5.97 Å². The maximum Gasteiger partial charge on any atom is 0.303 e. The summed E-state index contributed by atoms with van der Waals surface area (Å²) < 4.78 is 0.745. The molecule has 5 nitrogen and oxygen atoms in total. The summed E-state index contributed by atoms with van der Waals surface area (Å²) in [5.74, 6) is -0.888. The number of hydrogen-bond acceptors (Lipinski definition) is 3. The number of halogens is 1. The number of aromatic nitrogens is 1. The monoisotopic (exact) mass is 314 g/mol. The van der Waals surface area contributed by atoms with E-state index in [1.54, 1.807) is 12.3 Å². The summed E-state index contributed by atoms with van der Waals surface area (Å²) in [7, 11) is 0. The summed E-state index contributed by atoms with van der Waals surface area (Å²) >= 11 is 3.24. The topological polar surface area (TPSA) is 79.3 Å². The lowest BCUT2D eigenvalue weighted by Gasteiger charge is -2.11. The maximum absolute atomic E-state index is 11.8. The number of carboxylic acids is 1. The van der Waals surface area contributed by atoms with Gasteiger partial charge in [0.2, 0.25) is 0 Å². The number of pyridine rings is 1. The van der Waals surface area contributed by atoms with Crippen LogP contribution in [0.15, 0.2) is 22.9 Å². The molecule has 0 aliphatic rings. The van der Waals surface area contributed by atoms with Gasteiger partial charge in [0, 0.05) is 29.8 Å². The first kappa shape index (κ1) is 14.6. The number of hydrogen-bond donors (Lipinski definition) is 2. The van der Waals surface area contributed by atoms with Gasteiger partial charge in [-0.2, -0.15) is 0 Å². The van der Waals surface area contributed by atoms with Gasteiger partial charge in [-0.3, -0.25) is 14.6 Å². The van der Waals surface area contributed by atoms with E-state index in [2.05, 4.69) is 26.2 Å². The third-order valence-corrected chi connectivity index (χ3v) is 2.86. The molecule has 1 heterocycles. The highest BCUT2D eigenvalue weighted by atomic mass is 79.9.